The lowest BCUT2D eigenvalue weighted by Gasteiger charge is -2.46. The van der Waals surface area contributed by atoms with Gasteiger partial charge >= 0.3 is 0 Å². The molecule has 0 aromatic heterocycles. The van der Waals surface area contributed by atoms with E-state index in [2.05, 4.69) is 0 Å². The van der Waals surface area contributed by atoms with Gasteiger partial charge in [-0.1, -0.05) is 0 Å². The molecule has 3 heterocycles. The van der Waals surface area contributed by atoms with Crippen molar-refractivity contribution < 1.29 is 68.9 Å². The zero-order valence-corrected chi connectivity index (χ0v) is 19.2. The molecule has 3 saturated heterocycles. The maximum Gasteiger partial charge on any atom is 0.187 e. The van der Waals surface area contributed by atoms with Crippen LogP contribution in [0, 0.1) is 0 Å². The van der Waals surface area contributed by atoms with Crippen molar-refractivity contribution in [3.8, 4) is 0 Å². The van der Waals surface area contributed by atoms with E-state index in [-0.39, 0.29) is 13.2 Å². The van der Waals surface area contributed by atoms with Gasteiger partial charge in [0.1, 0.15) is 67.1 Å². The molecule has 3 rings (SSSR count). The van der Waals surface area contributed by atoms with Crippen molar-refractivity contribution in [1.82, 2.24) is 0 Å². The van der Waals surface area contributed by atoms with Crippen molar-refractivity contribution in [2.24, 2.45) is 0 Å². The van der Waals surface area contributed by atoms with Gasteiger partial charge in [0.2, 0.25) is 0 Å². The lowest BCUT2D eigenvalue weighted by atomic mass is 9.94. The summed E-state index contributed by atoms with van der Waals surface area (Å²) in [5.41, 5.74) is 0. The van der Waals surface area contributed by atoms with Gasteiger partial charge in [0.25, 0.3) is 0 Å². The molecule has 0 amide bonds. The van der Waals surface area contributed by atoms with E-state index in [1.54, 1.807) is 0 Å². The highest BCUT2D eigenvalue weighted by atomic mass is 16.7. The predicted molar refractivity (Wildman–Crippen MR) is 108 cm³/mol. The van der Waals surface area contributed by atoms with Crippen molar-refractivity contribution >= 4 is 0 Å². The molecule has 3 fully saturated rings. The molecule has 14 nitrogen and oxygen atoms in total. The van der Waals surface area contributed by atoms with Gasteiger partial charge in [0.15, 0.2) is 12.6 Å². The molecule has 0 aromatic carbocycles. The monoisotopic (exact) mass is 500 g/mol. The molecule has 0 aromatic rings. The molecule has 200 valence electrons. The zero-order chi connectivity index (χ0) is 25.2. The Kier molecular flexibility index (Phi) is 9.99. The highest BCUT2D eigenvalue weighted by Crippen LogP contribution is 2.30. The van der Waals surface area contributed by atoms with Crippen LogP contribution in [0.25, 0.3) is 0 Å². The second kappa shape index (κ2) is 12.1. The van der Waals surface area contributed by atoms with E-state index >= 15 is 0 Å². The van der Waals surface area contributed by atoms with Gasteiger partial charge in [-0.15, -0.1) is 0 Å². The first kappa shape index (κ1) is 28.0. The summed E-state index contributed by atoms with van der Waals surface area (Å²) in [7, 11) is 2.58. The first-order valence-corrected chi connectivity index (χ1v) is 11.1. The topological polar surface area (TPSA) is 206 Å². The van der Waals surface area contributed by atoms with Crippen LogP contribution in [0.4, 0.5) is 0 Å². The van der Waals surface area contributed by atoms with E-state index in [0.29, 0.717) is 0 Å². The van der Waals surface area contributed by atoms with Crippen LogP contribution in [-0.2, 0) is 33.2 Å². The number of rotatable bonds is 8. The molecular formula is C20H36O14. The van der Waals surface area contributed by atoms with Crippen LogP contribution in [0.5, 0.6) is 0 Å². The van der Waals surface area contributed by atoms with Gasteiger partial charge in [0.05, 0.1) is 25.9 Å². The minimum absolute atomic E-state index is 0.150. The fourth-order valence-corrected chi connectivity index (χ4v) is 4.42. The fourth-order valence-electron chi connectivity index (χ4n) is 4.42. The summed E-state index contributed by atoms with van der Waals surface area (Å²) in [4.78, 5) is 0. The molecule has 0 aliphatic carbocycles. The van der Waals surface area contributed by atoms with Gasteiger partial charge < -0.3 is 68.9 Å². The first-order valence-electron chi connectivity index (χ1n) is 11.1. The lowest BCUT2D eigenvalue weighted by Crippen LogP contribution is -2.64. The molecule has 34 heavy (non-hydrogen) atoms. The van der Waals surface area contributed by atoms with E-state index in [4.69, 9.17) is 33.2 Å². The molecule has 0 radical (unpaired) electrons. The summed E-state index contributed by atoms with van der Waals surface area (Å²) >= 11 is 0. The average Bonchev–Trinajstić information content (AvgIpc) is 2.81. The quantitative estimate of drug-likeness (QED) is 0.168. The number of aliphatic hydroxyl groups is 7. The van der Waals surface area contributed by atoms with E-state index in [1.807, 2.05) is 0 Å². The first-order chi connectivity index (χ1) is 16.1. The summed E-state index contributed by atoms with van der Waals surface area (Å²) in [6, 6.07) is 0. The Hall–Kier alpha value is -0.560. The van der Waals surface area contributed by atoms with Crippen molar-refractivity contribution in [1.29, 1.82) is 0 Å². The summed E-state index contributed by atoms with van der Waals surface area (Å²) in [6.45, 7) is 0.522. The molecule has 0 unspecified atom stereocenters. The molecule has 0 bridgehead atoms. The molecule has 14 heteroatoms. The highest BCUT2D eigenvalue weighted by Gasteiger charge is 2.51. The van der Waals surface area contributed by atoms with Crippen molar-refractivity contribution in [3.05, 3.63) is 0 Å². The van der Waals surface area contributed by atoms with Crippen LogP contribution < -0.4 is 0 Å². The normalized spacial score (nSPS) is 50.3. The van der Waals surface area contributed by atoms with E-state index in [0.717, 1.165) is 0 Å². The van der Waals surface area contributed by atoms with E-state index < -0.39 is 92.4 Å². The second-order valence-corrected chi connectivity index (χ2v) is 8.66. The Morgan fingerprint density at radius 2 is 1.35 bits per heavy atom. The predicted octanol–water partition coefficient (Wildman–Crippen LogP) is -4.56. The van der Waals surface area contributed by atoms with Crippen LogP contribution in [0.15, 0.2) is 0 Å². The van der Waals surface area contributed by atoms with Crippen LogP contribution in [-0.4, -0.2) is 156 Å². The van der Waals surface area contributed by atoms with Crippen molar-refractivity contribution in [3.63, 3.8) is 0 Å². The minimum Gasteiger partial charge on any atom is -0.394 e. The largest absolute Gasteiger partial charge is 0.394 e. The van der Waals surface area contributed by atoms with Gasteiger partial charge in [0, 0.05) is 14.2 Å². The maximum absolute atomic E-state index is 10.6. The van der Waals surface area contributed by atoms with Crippen LogP contribution in [0.3, 0.4) is 0 Å². The second-order valence-electron chi connectivity index (χ2n) is 8.66. The molecule has 3 aliphatic heterocycles. The third kappa shape index (κ3) is 5.71. The molecule has 14 atom stereocenters. The van der Waals surface area contributed by atoms with Gasteiger partial charge in [-0.3, -0.25) is 0 Å². The molecule has 0 spiro atoms. The van der Waals surface area contributed by atoms with Crippen LogP contribution in [0.2, 0.25) is 0 Å². The lowest BCUT2D eigenvalue weighted by molar-refractivity contribution is -0.350. The highest BCUT2D eigenvalue weighted by molar-refractivity contribution is 4.95. The van der Waals surface area contributed by atoms with Gasteiger partial charge in [-0.25, -0.2) is 0 Å². The van der Waals surface area contributed by atoms with Crippen LogP contribution in [0.1, 0.15) is 6.92 Å². The number of ether oxygens (including phenoxy) is 7. The summed E-state index contributed by atoms with van der Waals surface area (Å²) in [5, 5.41) is 71.8. The Labute approximate surface area is 196 Å². The number of methoxy groups -OCH3 is 2. The Morgan fingerprint density at radius 3 is 1.97 bits per heavy atom. The van der Waals surface area contributed by atoms with E-state index in [1.165, 1.54) is 21.1 Å². The van der Waals surface area contributed by atoms with E-state index in [9.17, 15) is 35.7 Å². The Bertz CT molecular complexity index is 626. The summed E-state index contributed by atoms with van der Waals surface area (Å²) in [5.74, 6) is 0. The number of hydrogen-bond donors (Lipinski definition) is 7. The third-order valence-corrected chi connectivity index (χ3v) is 6.43. The molecule has 0 saturated carbocycles. The Morgan fingerprint density at radius 1 is 0.735 bits per heavy atom. The smallest absolute Gasteiger partial charge is 0.187 e. The Balaban J connectivity index is 1.68. The molecular weight excluding hydrogens is 464 g/mol. The SMILES string of the molecule is CO[C@H]1[C@H](O)[C@@H](O[C@H]2[C@@H](O)[C@@H](CO)O[C@@H](C)[C@H]2O)O[C@@H](CO[C@@H]2OC[C@H](O)[C@H](OC)[C@H]2O)[C@@H]1O. The fraction of sp³-hybridized carbons (Fsp3) is 1.00. The third-order valence-electron chi connectivity index (χ3n) is 6.43. The molecule has 3 aliphatic rings. The minimum atomic E-state index is -1.51. The average molecular weight is 500 g/mol. The zero-order valence-electron chi connectivity index (χ0n) is 19.2. The number of hydrogen-bond acceptors (Lipinski definition) is 14. The van der Waals surface area contributed by atoms with Crippen molar-refractivity contribution in [2.75, 3.05) is 34.0 Å². The standard InChI is InChI=1S/C20H36O14/c1-7-11(23)18(12(24)9(4-21)32-7)34-20-15(27)17(29-3)13(25)10(33-20)6-31-19-14(26)16(28-2)8(22)5-30-19/h7-27H,4-6H2,1-3H3/t7-,8-,9+,10-,11+,12-,13-,14+,15-,16-,17+,18+,19-,20+/m0/s1. The van der Waals surface area contributed by atoms with Gasteiger partial charge in [-0.05, 0) is 6.92 Å². The summed E-state index contributed by atoms with van der Waals surface area (Å²) in [6.07, 6.45) is -17.0. The van der Waals surface area contributed by atoms with Gasteiger partial charge in [-0.2, -0.15) is 0 Å². The molecule has 7 N–H and O–H groups in total. The summed E-state index contributed by atoms with van der Waals surface area (Å²) < 4.78 is 37.8. The number of aliphatic hydroxyl groups excluding tert-OH is 7. The van der Waals surface area contributed by atoms with Crippen molar-refractivity contribution in [2.45, 2.75) is 92.8 Å². The maximum atomic E-state index is 10.6. The van der Waals surface area contributed by atoms with Crippen LogP contribution >= 0.6 is 0 Å².